The van der Waals surface area contributed by atoms with E-state index in [1.165, 1.54) is 0 Å². The van der Waals surface area contributed by atoms with Gasteiger partial charge in [-0.1, -0.05) is 28.2 Å². The van der Waals surface area contributed by atoms with E-state index in [1.807, 2.05) is 11.0 Å². The Hall–Kier alpha value is 0.390. The summed E-state index contributed by atoms with van der Waals surface area (Å²) in [6, 6.07) is 0. The second-order valence-electron chi connectivity index (χ2n) is 2.00. The lowest BCUT2D eigenvalue weighted by atomic mass is 10.2. The molecule has 1 unspecified atom stereocenters. The monoisotopic (exact) mass is 242 g/mol. The van der Waals surface area contributed by atoms with Crippen LogP contribution in [0.15, 0.2) is 9.66 Å². The van der Waals surface area contributed by atoms with Gasteiger partial charge in [0.15, 0.2) is 0 Å². The minimum absolute atomic E-state index is 0.151. The fourth-order valence-corrected chi connectivity index (χ4v) is 0.735. The molecule has 9 heavy (non-hydrogen) atoms. The van der Waals surface area contributed by atoms with Crippen molar-refractivity contribution in [3.63, 3.8) is 0 Å². The van der Waals surface area contributed by atoms with Gasteiger partial charge in [0.1, 0.15) is 0 Å². The van der Waals surface area contributed by atoms with Crippen molar-refractivity contribution in [1.82, 2.24) is 0 Å². The molecule has 54 valence electrons. The Morgan fingerprint density at radius 3 is 2.67 bits per heavy atom. The third-order valence-corrected chi connectivity index (χ3v) is 2.02. The number of aliphatic hydroxyl groups excluding tert-OH is 2. The van der Waals surface area contributed by atoms with Crippen molar-refractivity contribution >= 4 is 22.6 Å². The standard InChI is InChI=1S/C6H11IO2/c1-5(3-7)2-6(9)4-8/h3,6,8-9H,2,4H2,1H3/b5-3+. The van der Waals surface area contributed by atoms with Gasteiger partial charge in [0.2, 0.25) is 0 Å². The summed E-state index contributed by atoms with van der Waals surface area (Å²) in [5.41, 5.74) is 1.09. The third-order valence-electron chi connectivity index (χ3n) is 0.955. The molecule has 0 radical (unpaired) electrons. The first-order valence-corrected chi connectivity index (χ1v) is 4.00. The van der Waals surface area contributed by atoms with Crippen LogP contribution in [-0.2, 0) is 0 Å². The van der Waals surface area contributed by atoms with Gasteiger partial charge >= 0.3 is 0 Å². The second-order valence-corrected chi connectivity index (χ2v) is 2.62. The van der Waals surface area contributed by atoms with Crippen molar-refractivity contribution in [2.45, 2.75) is 19.4 Å². The minimum atomic E-state index is -0.587. The Bertz CT molecular complexity index is 101. The van der Waals surface area contributed by atoms with Gasteiger partial charge in [-0.15, -0.1) is 0 Å². The Labute approximate surface area is 68.7 Å². The zero-order chi connectivity index (χ0) is 7.28. The highest BCUT2D eigenvalue weighted by atomic mass is 127. The SMILES string of the molecule is C/C(=C\I)CC(O)CO. The molecule has 0 bridgehead atoms. The number of hydrogen-bond donors (Lipinski definition) is 2. The molecule has 0 amide bonds. The van der Waals surface area contributed by atoms with E-state index in [1.54, 1.807) is 0 Å². The summed E-state index contributed by atoms with van der Waals surface area (Å²) in [5.74, 6) is 0. The molecule has 0 aliphatic rings. The fourth-order valence-electron chi connectivity index (χ4n) is 0.481. The van der Waals surface area contributed by atoms with Crippen molar-refractivity contribution in [3.8, 4) is 0 Å². The molecule has 2 N–H and O–H groups in total. The summed E-state index contributed by atoms with van der Waals surface area (Å²) in [4.78, 5) is 0. The van der Waals surface area contributed by atoms with Gasteiger partial charge in [-0.25, -0.2) is 0 Å². The molecular formula is C6H11IO2. The van der Waals surface area contributed by atoms with E-state index in [0.29, 0.717) is 6.42 Å². The zero-order valence-electron chi connectivity index (χ0n) is 5.34. The predicted molar refractivity (Wildman–Crippen MR) is 45.5 cm³/mol. The molecule has 1 atom stereocenters. The van der Waals surface area contributed by atoms with E-state index < -0.39 is 6.10 Å². The van der Waals surface area contributed by atoms with Crippen LogP contribution in [-0.4, -0.2) is 22.9 Å². The van der Waals surface area contributed by atoms with E-state index in [0.717, 1.165) is 5.57 Å². The highest BCUT2D eigenvalue weighted by molar-refractivity contribution is 14.1. The lowest BCUT2D eigenvalue weighted by molar-refractivity contribution is 0.0955. The maximum absolute atomic E-state index is 8.87. The summed E-state index contributed by atoms with van der Waals surface area (Å²) in [6.45, 7) is 1.77. The first kappa shape index (κ1) is 9.39. The van der Waals surface area contributed by atoms with Crippen LogP contribution in [0.25, 0.3) is 0 Å². The van der Waals surface area contributed by atoms with Gasteiger partial charge in [0, 0.05) is 0 Å². The van der Waals surface area contributed by atoms with Crippen molar-refractivity contribution in [2.24, 2.45) is 0 Å². The van der Waals surface area contributed by atoms with Crippen molar-refractivity contribution in [2.75, 3.05) is 6.61 Å². The Balaban J connectivity index is 3.47. The molecule has 0 saturated heterocycles. The lowest BCUT2D eigenvalue weighted by Gasteiger charge is -2.04. The zero-order valence-corrected chi connectivity index (χ0v) is 7.50. The van der Waals surface area contributed by atoms with Gasteiger partial charge in [0.05, 0.1) is 12.7 Å². The van der Waals surface area contributed by atoms with E-state index in [2.05, 4.69) is 22.6 Å². The molecule has 0 fully saturated rings. The number of halogens is 1. The van der Waals surface area contributed by atoms with Gasteiger partial charge in [0.25, 0.3) is 0 Å². The van der Waals surface area contributed by atoms with Gasteiger partial charge in [-0.2, -0.15) is 0 Å². The first-order chi connectivity index (χ1) is 4.20. The smallest absolute Gasteiger partial charge is 0.0808 e. The van der Waals surface area contributed by atoms with Crippen molar-refractivity contribution in [3.05, 3.63) is 9.66 Å². The van der Waals surface area contributed by atoms with Crippen LogP contribution in [0, 0.1) is 0 Å². The summed E-state index contributed by atoms with van der Waals surface area (Å²) in [6.07, 6.45) is -0.0181. The van der Waals surface area contributed by atoms with Crippen LogP contribution in [0.4, 0.5) is 0 Å². The van der Waals surface area contributed by atoms with Crippen LogP contribution in [0.5, 0.6) is 0 Å². The molecule has 0 aromatic carbocycles. The Morgan fingerprint density at radius 2 is 2.33 bits per heavy atom. The second kappa shape index (κ2) is 5.20. The van der Waals surface area contributed by atoms with E-state index in [-0.39, 0.29) is 6.61 Å². The highest BCUT2D eigenvalue weighted by Crippen LogP contribution is 2.05. The predicted octanol–water partition coefficient (Wildman–Crippen LogP) is 1.07. The van der Waals surface area contributed by atoms with Crippen LogP contribution in [0.2, 0.25) is 0 Å². The van der Waals surface area contributed by atoms with Crippen LogP contribution in [0.1, 0.15) is 13.3 Å². The fraction of sp³-hybridized carbons (Fsp3) is 0.667. The average molecular weight is 242 g/mol. The molecule has 0 saturated carbocycles. The Kier molecular flexibility index (Phi) is 5.42. The van der Waals surface area contributed by atoms with Crippen molar-refractivity contribution in [1.29, 1.82) is 0 Å². The highest BCUT2D eigenvalue weighted by Gasteiger charge is 2.00. The minimum Gasteiger partial charge on any atom is -0.394 e. The molecule has 2 nitrogen and oxygen atoms in total. The maximum atomic E-state index is 8.87. The number of aliphatic hydroxyl groups is 2. The van der Waals surface area contributed by atoms with Crippen LogP contribution >= 0.6 is 22.6 Å². The summed E-state index contributed by atoms with van der Waals surface area (Å²) < 4.78 is 1.90. The molecule has 0 aromatic rings. The lowest BCUT2D eigenvalue weighted by Crippen LogP contribution is -2.11. The molecular weight excluding hydrogens is 231 g/mol. The Morgan fingerprint density at radius 1 is 1.78 bits per heavy atom. The molecule has 0 spiro atoms. The molecule has 0 heterocycles. The van der Waals surface area contributed by atoms with E-state index in [4.69, 9.17) is 10.2 Å². The van der Waals surface area contributed by atoms with Crippen LogP contribution < -0.4 is 0 Å². The maximum Gasteiger partial charge on any atom is 0.0808 e. The normalized spacial score (nSPS) is 15.8. The summed E-state index contributed by atoms with van der Waals surface area (Å²) >= 11 is 2.11. The molecule has 3 heteroatoms. The quantitative estimate of drug-likeness (QED) is 0.726. The average Bonchev–Trinajstić information content (AvgIpc) is 1.87. The van der Waals surface area contributed by atoms with Crippen LogP contribution in [0.3, 0.4) is 0 Å². The molecule has 0 aliphatic carbocycles. The first-order valence-electron chi connectivity index (χ1n) is 2.75. The van der Waals surface area contributed by atoms with E-state index in [9.17, 15) is 0 Å². The topological polar surface area (TPSA) is 40.5 Å². The van der Waals surface area contributed by atoms with Crippen molar-refractivity contribution < 1.29 is 10.2 Å². The molecule has 0 aliphatic heterocycles. The number of rotatable bonds is 3. The third kappa shape index (κ3) is 4.87. The largest absolute Gasteiger partial charge is 0.394 e. The van der Waals surface area contributed by atoms with Gasteiger partial charge in [-0.05, 0) is 17.4 Å². The van der Waals surface area contributed by atoms with E-state index >= 15 is 0 Å². The molecule has 0 aromatic heterocycles. The summed E-state index contributed by atoms with van der Waals surface area (Å²) in [7, 11) is 0. The van der Waals surface area contributed by atoms with Gasteiger partial charge in [-0.3, -0.25) is 0 Å². The number of hydrogen-bond acceptors (Lipinski definition) is 2. The molecule has 0 rings (SSSR count). The summed E-state index contributed by atoms with van der Waals surface area (Å²) in [5, 5.41) is 17.3. The van der Waals surface area contributed by atoms with Gasteiger partial charge < -0.3 is 10.2 Å².